The molecule has 8 heteroatoms. The van der Waals surface area contributed by atoms with Gasteiger partial charge in [-0.15, -0.1) is 0 Å². The van der Waals surface area contributed by atoms with Crippen molar-refractivity contribution in [2.45, 2.75) is 12.8 Å². The Bertz CT molecular complexity index is 822. The second kappa shape index (κ2) is 11.0. The number of nitrogens with zero attached hydrogens (tertiary/aromatic N) is 2. The predicted molar refractivity (Wildman–Crippen MR) is 115 cm³/mol. The monoisotopic (exact) mass is 400 g/mol. The minimum absolute atomic E-state index is 0.130. The summed E-state index contributed by atoms with van der Waals surface area (Å²) in [5, 5.41) is 17.1. The minimum atomic E-state index is -0.497. The van der Waals surface area contributed by atoms with E-state index >= 15 is 0 Å². The van der Waals surface area contributed by atoms with Crippen LogP contribution in [0.3, 0.4) is 0 Å². The van der Waals surface area contributed by atoms with Gasteiger partial charge in [-0.1, -0.05) is 12.1 Å². The smallest absolute Gasteiger partial charge is 0.293 e. The number of aryl methyl sites for hydroxylation is 1. The van der Waals surface area contributed by atoms with Crippen molar-refractivity contribution in [2.24, 2.45) is 0 Å². The molecule has 0 radical (unpaired) electrons. The molecule has 0 atom stereocenters. The first kappa shape index (κ1) is 22.2. The second-order valence-corrected chi connectivity index (χ2v) is 6.83. The van der Waals surface area contributed by atoms with Gasteiger partial charge in [-0.25, -0.2) is 0 Å². The quantitative estimate of drug-likeness (QED) is 0.342. The lowest BCUT2D eigenvalue weighted by Crippen LogP contribution is -2.25. The van der Waals surface area contributed by atoms with Gasteiger partial charge < -0.3 is 20.3 Å². The number of hydrogen-bond acceptors (Lipinski definition) is 6. The van der Waals surface area contributed by atoms with Crippen molar-refractivity contribution in [3.05, 3.63) is 63.7 Å². The minimum Gasteiger partial charge on any atom is -0.383 e. The van der Waals surface area contributed by atoms with Crippen molar-refractivity contribution >= 4 is 23.0 Å². The average molecular weight is 400 g/mol. The lowest BCUT2D eigenvalue weighted by molar-refractivity contribution is -0.384. The van der Waals surface area contributed by atoms with Crippen LogP contribution in [0.4, 0.5) is 17.1 Å². The number of hydrogen-bond donors (Lipinski definition) is 2. The summed E-state index contributed by atoms with van der Waals surface area (Å²) < 4.78 is 4.93. The molecule has 0 saturated heterocycles. The van der Waals surface area contributed by atoms with Crippen LogP contribution in [0.2, 0.25) is 0 Å². The third kappa shape index (κ3) is 6.76. The van der Waals surface area contributed by atoms with Gasteiger partial charge in [0.25, 0.3) is 11.6 Å². The van der Waals surface area contributed by atoms with Gasteiger partial charge in [0.1, 0.15) is 5.69 Å². The Labute approximate surface area is 171 Å². The maximum atomic E-state index is 12.3. The van der Waals surface area contributed by atoms with Crippen molar-refractivity contribution in [1.82, 2.24) is 5.32 Å². The van der Waals surface area contributed by atoms with Gasteiger partial charge in [0.05, 0.1) is 11.5 Å². The molecule has 156 valence electrons. The third-order valence-corrected chi connectivity index (χ3v) is 4.46. The summed E-state index contributed by atoms with van der Waals surface area (Å²) in [5.74, 6) is -0.320. The Balaban J connectivity index is 1.88. The lowest BCUT2D eigenvalue weighted by atomic mass is 10.1. The Morgan fingerprint density at radius 3 is 2.48 bits per heavy atom. The Morgan fingerprint density at radius 2 is 1.86 bits per heavy atom. The van der Waals surface area contributed by atoms with E-state index in [9.17, 15) is 14.9 Å². The van der Waals surface area contributed by atoms with E-state index in [2.05, 4.69) is 34.9 Å². The second-order valence-electron chi connectivity index (χ2n) is 6.83. The zero-order chi connectivity index (χ0) is 21.2. The van der Waals surface area contributed by atoms with Crippen molar-refractivity contribution in [1.29, 1.82) is 0 Å². The van der Waals surface area contributed by atoms with Crippen LogP contribution in [-0.2, 0) is 11.2 Å². The van der Waals surface area contributed by atoms with Gasteiger partial charge in [-0.05, 0) is 42.7 Å². The number of nitro groups is 1. The lowest BCUT2D eigenvalue weighted by Gasteiger charge is -2.12. The molecule has 2 rings (SSSR count). The first-order valence-electron chi connectivity index (χ1n) is 9.48. The molecule has 1 amide bonds. The summed E-state index contributed by atoms with van der Waals surface area (Å²) in [4.78, 5) is 25.2. The topological polar surface area (TPSA) is 96.7 Å². The molecule has 0 heterocycles. The Kier molecular flexibility index (Phi) is 8.42. The fourth-order valence-corrected chi connectivity index (χ4v) is 2.82. The molecule has 2 N–H and O–H groups in total. The first-order valence-corrected chi connectivity index (χ1v) is 9.48. The molecule has 8 nitrogen and oxygen atoms in total. The van der Waals surface area contributed by atoms with Gasteiger partial charge in [0, 0.05) is 51.6 Å². The van der Waals surface area contributed by atoms with Crippen LogP contribution in [0, 0.1) is 10.1 Å². The molecule has 0 unspecified atom stereocenters. The molecule has 0 bridgehead atoms. The number of ether oxygens (including phenoxy) is 1. The van der Waals surface area contributed by atoms with Gasteiger partial charge >= 0.3 is 0 Å². The maximum absolute atomic E-state index is 12.3. The number of carbonyl (C=O) groups excluding carboxylic acids is 1. The summed E-state index contributed by atoms with van der Waals surface area (Å²) >= 11 is 0. The zero-order valence-electron chi connectivity index (χ0n) is 17.1. The summed E-state index contributed by atoms with van der Waals surface area (Å²) in [5.41, 5.74) is 2.85. The molecule has 0 aliphatic heterocycles. The normalized spacial score (nSPS) is 10.4. The van der Waals surface area contributed by atoms with Crippen LogP contribution in [-0.4, -0.2) is 51.7 Å². The van der Waals surface area contributed by atoms with Crippen molar-refractivity contribution in [3.63, 3.8) is 0 Å². The van der Waals surface area contributed by atoms with Crippen LogP contribution in [0.25, 0.3) is 0 Å². The highest BCUT2D eigenvalue weighted by atomic mass is 16.6. The fraction of sp³-hybridized carbons (Fsp3) is 0.381. The molecule has 0 aliphatic rings. The molecule has 0 spiro atoms. The van der Waals surface area contributed by atoms with Crippen molar-refractivity contribution in [3.8, 4) is 0 Å². The van der Waals surface area contributed by atoms with Gasteiger partial charge in [0.2, 0.25) is 0 Å². The molecule has 29 heavy (non-hydrogen) atoms. The van der Waals surface area contributed by atoms with E-state index in [1.807, 2.05) is 19.0 Å². The predicted octanol–water partition coefficient (Wildman–Crippen LogP) is 3.08. The number of nitrogens with one attached hydrogen (secondary N) is 2. The molecule has 0 saturated carbocycles. The van der Waals surface area contributed by atoms with Crippen LogP contribution < -0.4 is 15.5 Å². The van der Waals surface area contributed by atoms with Crippen LogP contribution in [0.15, 0.2) is 42.5 Å². The number of nitro benzene ring substituents is 1. The summed E-state index contributed by atoms with van der Waals surface area (Å²) in [6, 6.07) is 12.7. The number of amides is 1. The molecule has 0 aromatic heterocycles. The molecule has 2 aromatic carbocycles. The van der Waals surface area contributed by atoms with E-state index in [4.69, 9.17) is 4.74 Å². The maximum Gasteiger partial charge on any atom is 0.293 e. The highest BCUT2D eigenvalue weighted by Crippen LogP contribution is 2.25. The Hall–Kier alpha value is -3.13. The highest BCUT2D eigenvalue weighted by Gasteiger charge is 2.17. The number of rotatable bonds is 11. The van der Waals surface area contributed by atoms with E-state index < -0.39 is 4.92 Å². The highest BCUT2D eigenvalue weighted by molar-refractivity contribution is 5.95. The molecule has 0 fully saturated rings. The van der Waals surface area contributed by atoms with E-state index in [0.29, 0.717) is 25.4 Å². The molecule has 0 aliphatic carbocycles. The number of anilines is 2. The van der Waals surface area contributed by atoms with E-state index in [-0.39, 0.29) is 17.2 Å². The third-order valence-electron chi connectivity index (χ3n) is 4.46. The number of benzene rings is 2. The largest absolute Gasteiger partial charge is 0.383 e. The van der Waals surface area contributed by atoms with Gasteiger partial charge in [-0.3, -0.25) is 14.9 Å². The Morgan fingerprint density at radius 1 is 1.14 bits per heavy atom. The van der Waals surface area contributed by atoms with Gasteiger partial charge in [-0.2, -0.15) is 0 Å². The molecular formula is C21H28N4O4. The van der Waals surface area contributed by atoms with Gasteiger partial charge in [0.15, 0.2) is 0 Å². The number of methoxy groups -OCH3 is 1. The summed E-state index contributed by atoms with van der Waals surface area (Å²) in [6.07, 6.45) is 1.63. The van der Waals surface area contributed by atoms with Crippen LogP contribution in [0.5, 0.6) is 0 Å². The molecular weight excluding hydrogens is 372 g/mol. The standard InChI is InChI=1S/C21H28N4O4/c1-24(2)18-9-6-16(7-10-18)5-4-12-23-21(26)17-8-11-19(22-13-14-29-3)20(15-17)25(27)28/h6-11,15,22H,4-5,12-14H2,1-3H3,(H,23,26). The van der Waals surface area contributed by atoms with E-state index in [0.717, 1.165) is 18.5 Å². The average Bonchev–Trinajstić information content (AvgIpc) is 2.71. The summed E-state index contributed by atoms with van der Waals surface area (Å²) in [6.45, 7) is 1.37. The molecule has 2 aromatic rings. The van der Waals surface area contributed by atoms with Crippen LogP contribution >= 0.6 is 0 Å². The van der Waals surface area contributed by atoms with E-state index in [1.165, 1.54) is 11.6 Å². The first-order chi connectivity index (χ1) is 13.9. The summed E-state index contributed by atoms with van der Waals surface area (Å²) in [7, 11) is 5.55. The fourth-order valence-electron chi connectivity index (χ4n) is 2.82. The van der Waals surface area contributed by atoms with Crippen molar-refractivity contribution in [2.75, 3.05) is 51.1 Å². The van der Waals surface area contributed by atoms with E-state index in [1.54, 1.807) is 19.2 Å². The van der Waals surface area contributed by atoms with Crippen molar-refractivity contribution < 1.29 is 14.5 Å². The zero-order valence-corrected chi connectivity index (χ0v) is 17.1. The van der Waals surface area contributed by atoms with Crippen LogP contribution in [0.1, 0.15) is 22.3 Å². The SMILES string of the molecule is COCCNc1ccc(C(=O)NCCCc2ccc(N(C)C)cc2)cc1[N+](=O)[O-]. The number of carbonyl (C=O) groups is 1.